The summed E-state index contributed by atoms with van der Waals surface area (Å²) in [7, 11) is 0. The SMILES string of the molecule is CC1(C)[C@H]2CC[C@]1(C)[C@@H](OC[C@@H](O)CN1CCOCC1)C2. The molecule has 4 heteroatoms. The molecule has 1 heterocycles. The van der Waals surface area contributed by atoms with Crippen molar-refractivity contribution in [2.75, 3.05) is 39.5 Å². The first-order valence-electron chi connectivity index (χ1n) is 8.53. The fraction of sp³-hybridized carbons (Fsp3) is 1.00. The second-order valence-corrected chi connectivity index (χ2v) is 8.00. The molecule has 0 amide bonds. The van der Waals surface area contributed by atoms with E-state index in [1.54, 1.807) is 0 Å². The normalized spacial score (nSPS) is 40.6. The maximum atomic E-state index is 10.2. The number of hydrogen-bond donors (Lipinski definition) is 1. The molecule has 0 aromatic heterocycles. The molecular weight excluding hydrogens is 266 g/mol. The van der Waals surface area contributed by atoms with Gasteiger partial charge >= 0.3 is 0 Å². The van der Waals surface area contributed by atoms with Crippen LogP contribution in [0.2, 0.25) is 0 Å². The molecule has 0 radical (unpaired) electrons. The molecule has 2 aliphatic carbocycles. The number of ether oxygens (including phenoxy) is 2. The van der Waals surface area contributed by atoms with Crippen molar-refractivity contribution in [2.45, 2.75) is 52.2 Å². The number of fused-ring (bicyclic) bond motifs is 2. The maximum absolute atomic E-state index is 10.2. The second kappa shape index (κ2) is 5.80. The highest BCUT2D eigenvalue weighted by molar-refractivity contribution is 5.11. The number of hydrogen-bond acceptors (Lipinski definition) is 4. The van der Waals surface area contributed by atoms with Crippen LogP contribution in [0, 0.1) is 16.7 Å². The fourth-order valence-corrected chi connectivity index (χ4v) is 4.74. The third kappa shape index (κ3) is 2.76. The zero-order chi connectivity index (χ0) is 15.1. The molecule has 3 rings (SSSR count). The first-order valence-corrected chi connectivity index (χ1v) is 8.53. The minimum absolute atomic E-state index is 0.288. The molecule has 1 saturated heterocycles. The summed E-state index contributed by atoms with van der Waals surface area (Å²) >= 11 is 0. The number of nitrogens with zero attached hydrogens (tertiary/aromatic N) is 1. The minimum Gasteiger partial charge on any atom is -0.389 e. The first kappa shape index (κ1) is 15.7. The molecule has 1 N–H and O–H groups in total. The lowest BCUT2D eigenvalue weighted by atomic mass is 9.70. The molecule has 0 aromatic rings. The Hall–Kier alpha value is -0.160. The number of morpholine rings is 1. The Labute approximate surface area is 128 Å². The lowest BCUT2D eigenvalue weighted by Crippen LogP contribution is -2.43. The Morgan fingerprint density at radius 2 is 2.00 bits per heavy atom. The van der Waals surface area contributed by atoms with Crippen LogP contribution >= 0.6 is 0 Å². The van der Waals surface area contributed by atoms with Crippen molar-refractivity contribution in [3.8, 4) is 0 Å². The second-order valence-electron chi connectivity index (χ2n) is 8.00. The third-order valence-corrected chi connectivity index (χ3v) is 6.78. The van der Waals surface area contributed by atoms with Crippen LogP contribution in [0.3, 0.4) is 0 Å². The summed E-state index contributed by atoms with van der Waals surface area (Å²) in [6.07, 6.45) is 3.74. The van der Waals surface area contributed by atoms with E-state index in [1.165, 1.54) is 19.3 Å². The van der Waals surface area contributed by atoms with Crippen LogP contribution in [0.5, 0.6) is 0 Å². The smallest absolute Gasteiger partial charge is 0.0900 e. The predicted molar refractivity (Wildman–Crippen MR) is 82.2 cm³/mol. The molecule has 21 heavy (non-hydrogen) atoms. The van der Waals surface area contributed by atoms with E-state index >= 15 is 0 Å². The van der Waals surface area contributed by atoms with E-state index in [2.05, 4.69) is 25.7 Å². The van der Waals surface area contributed by atoms with E-state index in [0.717, 1.165) is 32.2 Å². The van der Waals surface area contributed by atoms with Gasteiger partial charge in [-0.15, -0.1) is 0 Å². The van der Waals surface area contributed by atoms with Crippen molar-refractivity contribution in [2.24, 2.45) is 16.7 Å². The minimum atomic E-state index is -0.381. The Bertz CT molecular complexity index is 367. The third-order valence-electron chi connectivity index (χ3n) is 6.78. The lowest BCUT2D eigenvalue weighted by Gasteiger charge is -2.39. The molecule has 3 fully saturated rings. The van der Waals surface area contributed by atoms with E-state index in [1.807, 2.05) is 0 Å². The van der Waals surface area contributed by atoms with Gasteiger partial charge in [-0.2, -0.15) is 0 Å². The van der Waals surface area contributed by atoms with E-state index in [4.69, 9.17) is 9.47 Å². The first-order chi connectivity index (χ1) is 9.93. The average molecular weight is 297 g/mol. The lowest BCUT2D eigenvalue weighted by molar-refractivity contribution is -0.0831. The van der Waals surface area contributed by atoms with E-state index in [9.17, 15) is 5.11 Å². The zero-order valence-corrected chi connectivity index (χ0v) is 13.8. The fourth-order valence-electron chi connectivity index (χ4n) is 4.74. The molecule has 0 spiro atoms. The monoisotopic (exact) mass is 297 g/mol. The van der Waals surface area contributed by atoms with Crippen molar-refractivity contribution in [1.82, 2.24) is 4.90 Å². The standard InChI is InChI=1S/C17H31NO3/c1-16(2)13-4-5-17(16,3)15(10-13)21-12-14(19)11-18-6-8-20-9-7-18/h13-15,19H,4-12H2,1-3H3/t13-,14-,15-,17+/m0/s1. The van der Waals surface area contributed by atoms with Gasteiger partial charge in [0.2, 0.25) is 0 Å². The average Bonchev–Trinajstić information content (AvgIpc) is 2.79. The summed E-state index contributed by atoms with van der Waals surface area (Å²) < 4.78 is 11.5. The van der Waals surface area contributed by atoms with Crippen LogP contribution in [0.1, 0.15) is 40.0 Å². The Morgan fingerprint density at radius 3 is 2.57 bits per heavy atom. The predicted octanol–water partition coefficient (Wildman–Crippen LogP) is 1.91. The maximum Gasteiger partial charge on any atom is 0.0900 e. The quantitative estimate of drug-likeness (QED) is 0.842. The van der Waals surface area contributed by atoms with Crippen LogP contribution in [-0.2, 0) is 9.47 Å². The van der Waals surface area contributed by atoms with E-state index < -0.39 is 0 Å². The Morgan fingerprint density at radius 1 is 1.29 bits per heavy atom. The highest BCUT2D eigenvalue weighted by Crippen LogP contribution is 2.66. The number of rotatable bonds is 5. The van der Waals surface area contributed by atoms with Crippen LogP contribution in [-0.4, -0.2) is 61.7 Å². The Balaban J connectivity index is 1.47. The molecule has 2 bridgehead atoms. The van der Waals surface area contributed by atoms with Gasteiger partial charge in [-0.1, -0.05) is 20.8 Å². The van der Waals surface area contributed by atoms with Crippen LogP contribution in [0.25, 0.3) is 0 Å². The summed E-state index contributed by atoms with van der Waals surface area (Å²) in [6.45, 7) is 11.8. The molecule has 4 atom stereocenters. The molecule has 4 nitrogen and oxygen atoms in total. The summed E-state index contributed by atoms with van der Waals surface area (Å²) in [5, 5.41) is 10.2. The summed E-state index contributed by atoms with van der Waals surface area (Å²) in [5.41, 5.74) is 0.670. The molecule has 3 aliphatic rings. The summed E-state index contributed by atoms with van der Waals surface area (Å²) in [6, 6.07) is 0. The topological polar surface area (TPSA) is 41.9 Å². The molecule has 0 unspecified atom stereocenters. The van der Waals surface area contributed by atoms with Gasteiger partial charge in [0.15, 0.2) is 0 Å². The summed E-state index contributed by atoms with van der Waals surface area (Å²) in [4.78, 5) is 2.27. The molecule has 122 valence electrons. The van der Waals surface area contributed by atoms with Gasteiger partial charge < -0.3 is 14.6 Å². The van der Waals surface area contributed by atoms with Gasteiger partial charge in [0, 0.05) is 19.6 Å². The van der Waals surface area contributed by atoms with Crippen molar-refractivity contribution in [1.29, 1.82) is 0 Å². The van der Waals surface area contributed by atoms with Crippen LogP contribution in [0.15, 0.2) is 0 Å². The van der Waals surface area contributed by atoms with Crippen molar-refractivity contribution in [3.05, 3.63) is 0 Å². The van der Waals surface area contributed by atoms with Gasteiger partial charge in [-0.3, -0.25) is 4.90 Å². The van der Waals surface area contributed by atoms with Gasteiger partial charge in [0.05, 0.1) is 32.0 Å². The van der Waals surface area contributed by atoms with Crippen molar-refractivity contribution < 1.29 is 14.6 Å². The van der Waals surface area contributed by atoms with E-state index in [-0.39, 0.29) is 11.5 Å². The molecule has 1 aliphatic heterocycles. The van der Waals surface area contributed by atoms with Gasteiger partial charge in [0.25, 0.3) is 0 Å². The van der Waals surface area contributed by atoms with Crippen molar-refractivity contribution >= 4 is 0 Å². The van der Waals surface area contributed by atoms with Gasteiger partial charge in [0.1, 0.15) is 0 Å². The Kier molecular flexibility index (Phi) is 4.34. The number of aliphatic hydroxyl groups is 1. The zero-order valence-electron chi connectivity index (χ0n) is 13.8. The number of β-amino-alcohol motifs (C(OH)–C–C–N with tert-alkyl or cyclic N) is 1. The van der Waals surface area contributed by atoms with Crippen LogP contribution in [0.4, 0.5) is 0 Å². The number of aliphatic hydroxyl groups excluding tert-OH is 1. The van der Waals surface area contributed by atoms with Gasteiger partial charge in [-0.25, -0.2) is 0 Å². The highest BCUT2D eigenvalue weighted by Gasteiger charge is 2.61. The summed E-state index contributed by atoms with van der Waals surface area (Å²) in [5.74, 6) is 0.795. The molecule has 2 saturated carbocycles. The highest BCUT2D eigenvalue weighted by atomic mass is 16.5. The molecular formula is C17H31NO3. The molecule has 0 aromatic carbocycles. The van der Waals surface area contributed by atoms with Crippen molar-refractivity contribution in [3.63, 3.8) is 0 Å². The largest absolute Gasteiger partial charge is 0.389 e. The van der Waals surface area contributed by atoms with Gasteiger partial charge in [-0.05, 0) is 36.0 Å². The van der Waals surface area contributed by atoms with E-state index in [0.29, 0.717) is 24.7 Å². The van der Waals surface area contributed by atoms with Crippen LogP contribution < -0.4 is 0 Å².